The second-order valence-corrected chi connectivity index (χ2v) is 4.78. The van der Waals surface area contributed by atoms with Crippen molar-refractivity contribution >= 4 is 0 Å². The van der Waals surface area contributed by atoms with Crippen LogP contribution >= 0.6 is 0 Å². The standard InChI is InChI=1S/C12H16N4O3/c1-12(2,8-17)19-10-7-5-4-6-9(10)16-11(18)15(3)13-14-16/h4-7,17H,8H2,1-3H3. The van der Waals surface area contributed by atoms with Crippen LogP contribution in [0.15, 0.2) is 29.1 Å². The lowest BCUT2D eigenvalue weighted by Gasteiger charge is -2.25. The van der Waals surface area contributed by atoms with Crippen molar-refractivity contribution in [3.05, 3.63) is 34.7 Å². The third-order valence-corrected chi connectivity index (χ3v) is 2.58. The highest BCUT2D eigenvalue weighted by Gasteiger charge is 2.21. The van der Waals surface area contributed by atoms with Crippen molar-refractivity contribution < 1.29 is 9.84 Å². The number of benzene rings is 1. The fraction of sp³-hybridized carbons (Fsp3) is 0.417. The maximum Gasteiger partial charge on any atom is 0.368 e. The Labute approximate surface area is 110 Å². The third kappa shape index (κ3) is 2.65. The number of rotatable bonds is 4. The number of nitrogens with zero attached hydrogens (tertiary/aromatic N) is 4. The van der Waals surface area contributed by atoms with E-state index >= 15 is 0 Å². The molecule has 0 aliphatic heterocycles. The molecule has 19 heavy (non-hydrogen) atoms. The smallest absolute Gasteiger partial charge is 0.368 e. The van der Waals surface area contributed by atoms with E-state index in [2.05, 4.69) is 10.4 Å². The van der Waals surface area contributed by atoms with Gasteiger partial charge in [0.2, 0.25) is 0 Å². The topological polar surface area (TPSA) is 82.2 Å². The second kappa shape index (κ2) is 4.85. The molecule has 0 saturated carbocycles. The van der Waals surface area contributed by atoms with Crippen molar-refractivity contribution in [1.82, 2.24) is 19.8 Å². The van der Waals surface area contributed by atoms with Gasteiger partial charge in [0.25, 0.3) is 0 Å². The number of hydrogen-bond donors (Lipinski definition) is 1. The minimum Gasteiger partial charge on any atom is -0.483 e. The van der Waals surface area contributed by atoms with E-state index in [-0.39, 0.29) is 12.3 Å². The Morgan fingerprint density at radius 3 is 2.58 bits per heavy atom. The highest BCUT2D eigenvalue weighted by atomic mass is 16.5. The molecular weight excluding hydrogens is 248 g/mol. The second-order valence-electron chi connectivity index (χ2n) is 4.78. The molecule has 0 fully saturated rings. The first-order valence-corrected chi connectivity index (χ1v) is 5.83. The van der Waals surface area contributed by atoms with E-state index in [1.165, 1.54) is 7.05 Å². The van der Waals surface area contributed by atoms with Gasteiger partial charge in [-0.3, -0.25) is 0 Å². The van der Waals surface area contributed by atoms with Crippen LogP contribution in [0, 0.1) is 0 Å². The average molecular weight is 264 g/mol. The SMILES string of the molecule is Cn1nnn(-c2ccccc2OC(C)(C)CO)c1=O. The maximum absolute atomic E-state index is 11.9. The zero-order chi connectivity index (χ0) is 14.0. The fourth-order valence-electron chi connectivity index (χ4n) is 1.51. The number of hydrogen-bond acceptors (Lipinski definition) is 5. The highest BCUT2D eigenvalue weighted by Crippen LogP contribution is 2.24. The molecule has 0 bridgehead atoms. The van der Waals surface area contributed by atoms with Gasteiger partial charge in [-0.05, 0) is 36.4 Å². The van der Waals surface area contributed by atoms with Crippen LogP contribution in [0.4, 0.5) is 0 Å². The summed E-state index contributed by atoms with van der Waals surface area (Å²) in [5.41, 5.74) is -0.623. The van der Waals surface area contributed by atoms with Gasteiger partial charge in [0.1, 0.15) is 17.0 Å². The van der Waals surface area contributed by atoms with Crippen LogP contribution < -0.4 is 10.4 Å². The van der Waals surface area contributed by atoms with Crippen LogP contribution in [0.2, 0.25) is 0 Å². The van der Waals surface area contributed by atoms with Crippen LogP contribution in [-0.4, -0.2) is 37.1 Å². The number of aliphatic hydroxyl groups is 1. The Morgan fingerprint density at radius 1 is 1.32 bits per heavy atom. The van der Waals surface area contributed by atoms with Crippen molar-refractivity contribution in [2.75, 3.05) is 6.61 Å². The van der Waals surface area contributed by atoms with Crippen LogP contribution in [0.3, 0.4) is 0 Å². The first-order chi connectivity index (χ1) is 8.94. The van der Waals surface area contributed by atoms with Crippen molar-refractivity contribution in [3.63, 3.8) is 0 Å². The number of para-hydroxylation sites is 2. The summed E-state index contributed by atoms with van der Waals surface area (Å²) < 4.78 is 8.00. The number of aryl methyl sites for hydroxylation is 1. The lowest BCUT2D eigenvalue weighted by molar-refractivity contribution is 0.0411. The summed E-state index contributed by atoms with van der Waals surface area (Å²) in [6, 6.07) is 6.98. The number of tetrazole rings is 1. The van der Waals surface area contributed by atoms with Crippen molar-refractivity contribution in [2.24, 2.45) is 7.05 Å². The lowest BCUT2D eigenvalue weighted by Crippen LogP contribution is -2.33. The van der Waals surface area contributed by atoms with Crippen LogP contribution in [0.5, 0.6) is 5.75 Å². The first kappa shape index (κ1) is 13.3. The van der Waals surface area contributed by atoms with Gasteiger partial charge in [-0.1, -0.05) is 12.1 Å². The molecule has 7 heteroatoms. The molecule has 1 aromatic heterocycles. The van der Waals surface area contributed by atoms with E-state index in [0.717, 1.165) is 9.36 Å². The predicted molar refractivity (Wildman–Crippen MR) is 68.4 cm³/mol. The Balaban J connectivity index is 2.48. The average Bonchev–Trinajstić information content (AvgIpc) is 2.71. The summed E-state index contributed by atoms with van der Waals surface area (Å²) in [5, 5.41) is 16.7. The highest BCUT2D eigenvalue weighted by molar-refractivity contribution is 5.45. The Morgan fingerprint density at radius 2 is 2.00 bits per heavy atom. The normalized spacial score (nSPS) is 11.6. The molecule has 0 aliphatic carbocycles. The van der Waals surface area contributed by atoms with Gasteiger partial charge in [-0.2, -0.15) is 9.36 Å². The lowest BCUT2D eigenvalue weighted by atomic mass is 10.1. The zero-order valence-electron chi connectivity index (χ0n) is 11.1. The van der Waals surface area contributed by atoms with E-state index in [9.17, 15) is 9.90 Å². The molecular formula is C12H16N4O3. The van der Waals surface area contributed by atoms with Gasteiger partial charge in [0.05, 0.1) is 6.61 Å². The first-order valence-electron chi connectivity index (χ1n) is 5.83. The predicted octanol–water partition coefficient (Wildman–Crippen LogP) is 0.116. The monoisotopic (exact) mass is 264 g/mol. The molecule has 0 saturated heterocycles. The van der Waals surface area contributed by atoms with E-state index in [1.807, 2.05) is 0 Å². The molecule has 102 valence electrons. The molecule has 2 aromatic rings. The number of ether oxygens (including phenoxy) is 1. The van der Waals surface area contributed by atoms with E-state index < -0.39 is 5.60 Å². The van der Waals surface area contributed by atoms with Crippen LogP contribution in [0.25, 0.3) is 5.69 Å². The van der Waals surface area contributed by atoms with Crippen LogP contribution in [0.1, 0.15) is 13.8 Å². The van der Waals surface area contributed by atoms with E-state index in [4.69, 9.17) is 4.74 Å². The minimum atomic E-state index is -0.748. The van der Waals surface area contributed by atoms with Gasteiger partial charge in [-0.15, -0.1) is 0 Å². The number of aromatic nitrogens is 4. The molecule has 0 aliphatic rings. The number of aliphatic hydroxyl groups excluding tert-OH is 1. The third-order valence-electron chi connectivity index (χ3n) is 2.58. The molecule has 0 spiro atoms. The zero-order valence-corrected chi connectivity index (χ0v) is 11.1. The Kier molecular flexibility index (Phi) is 3.39. The molecule has 0 amide bonds. The summed E-state index contributed by atoms with van der Waals surface area (Å²) in [6.45, 7) is 3.36. The molecule has 0 atom stereocenters. The molecule has 7 nitrogen and oxygen atoms in total. The molecule has 1 aromatic carbocycles. The minimum absolute atomic E-state index is 0.142. The summed E-state index contributed by atoms with van der Waals surface area (Å²) in [4.78, 5) is 11.9. The van der Waals surface area contributed by atoms with Gasteiger partial charge >= 0.3 is 5.69 Å². The van der Waals surface area contributed by atoms with Crippen molar-refractivity contribution in [2.45, 2.75) is 19.4 Å². The Hall–Kier alpha value is -2.15. The largest absolute Gasteiger partial charge is 0.483 e. The van der Waals surface area contributed by atoms with Crippen LogP contribution in [-0.2, 0) is 7.05 Å². The van der Waals surface area contributed by atoms with E-state index in [1.54, 1.807) is 38.1 Å². The van der Waals surface area contributed by atoms with Crippen molar-refractivity contribution in [1.29, 1.82) is 0 Å². The molecule has 2 rings (SSSR count). The molecule has 0 radical (unpaired) electrons. The summed E-state index contributed by atoms with van der Waals surface area (Å²) in [6.07, 6.45) is 0. The fourth-order valence-corrected chi connectivity index (χ4v) is 1.51. The van der Waals surface area contributed by atoms with Gasteiger partial charge in [-0.25, -0.2) is 4.79 Å². The van der Waals surface area contributed by atoms with Crippen molar-refractivity contribution in [3.8, 4) is 11.4 Å². The summed E-state index contributed by atoms with van der Waals surface area (Å²) in [7, 11) is 1.52. The maximum atomic E-state index is 11.9. The molecule has 0 unspecified atom stereocenters. The Bertz CT molecular complexity index is 630. The van der Waals surface area contributed by atoms with Gasteiger partial charge in [0, 0.05) is 7.05 Å². The summed E-state index contributed by atoms with van der Waals surface area (Å²) in [5.74, 6) is 0.462. The molecule has 1 N–H and O–H groups in total. The summed E-state index contributed by atoms with van der Waals surface area (Å²) >= 11 is 0. The quantitative estimate of drug-likeness (QED) is 0.848. The molecule has 1 heterocycles. The van der Waals surface area contributed by atoms with Gasteiger partial charge in [0.15, 0.2) is 0 Å². The van der Waals surface area contributed by atoms with E-state index in [0.29, 0.717) is 11.4 Å². The van der Waals surface area contributed by atoms with Gasteiger partial charge < -0.3 is 9.84 Å².